The quantitative estimate of drug-likeness (QED) is 0.498. The summed E-state index contributed by atoms with van der Waals surface area (Å²) < 4.78 is 36.0. The molecule has 0 fully saturated rings. The third-order valence-corrected chi connectivity index (χ3v) is 6.35. The maximum atomic E-state index is 12.4. The van der Waals surface area contributed by atoms with Crippen molar-refractivity contribution in [2.24, 2.45) is 0 Å². The van der Waals surface area contributed by atoms with E-state index in [0.29, 0.717) is 0 Å². The first-order valence-corrected chi connectivity index (χ1v) is 11.4. The van der Waals surface area contributed by atoms with Crippen LogP contribution in [0.25, 0.3) is 0 Å². The second-order valence-corrected chi connectivity index (χ2v) is 9.38. The zero-order valence-corrected chi connectivity index (χ0v) is 19.6. The number of ether oxygens (including phenoxy) is 2. The van der Waals surface area contributed by atoms with Gasteiger partial charge in [0.2, 0.25) is 15.9 Å². The monoisotopic (exact) mass is 477 g/mol. The summed E-state index contributed by atoms with van der Waals surface area (Å²) in [5.41, 5.74) is 0.833. The predicted octanol–water partition coefficient (Wildman–Crippen LogP) is 1.69. The van der Waals surface area contributed by atoms with Crippen molar-refractivity contribution >= 4 is 33.5 Å². The van der Waals surface area contributed by atoms with Gasteiger partial charge in [-0.25, -0.2) is 12.7 Å². The molecular weight excluding hydrogens is 450 g/mol. The first-order chi connectivity index (χ1) is 15.5. The van der Waals surface area contributed by atoms with E-state index in [2.05, 4.69) is 10.6 Å². The zero-order valence-electron chi connectivity index (χ0n) is 18.8. The van der Waals surface area contributed by atoms with Crippen molar-refractivity contribution < 1.29 is 32.3 Å². The van der Waals surface area contributed by atoms with Crippen LogP contribution in [0.5, 0.6) is 5.75 Å². The Balaban J connectivity index is 2.04. The van der Waals surface area contributed by atoms with Gasteiger partial charge >= 0.3 is 5.97 Å². The number of nitrogens with one attached hydrogen (secondary N) is 2. The molecule has 2 aromatic carbocycles. The lowest BCUT2D eigenvalue weighted by Gasteiger charge is -2.18. The van der Waals surface area contributed by atoms with Gasteiger partial charge in [0, 0.05) is 21.0 Å². The van der Waals surface area contributed by atoms with Gasteiger partial charge in [-0.2, -0.15) is 0 Å². The second kappa shape index (κ2) is 11.4. The predicted molar refractivity (Wildman–Crippen MR) is 121 cm³/mol. The van der Waals surface area contributed by atoms with Crippen LogP contribution in [0.3, 0.4) is 0 Å². The molecule has 11 heteroatoms. The van der Waals surface area contributed by atoms with Crippen LogP contribution in [0.4, 0.5) is 5.69 Å². The molecule has 0 radical (unpaired) electrons. The van der Waals surface area contributed by atoms with Crippen molar-refractivity contribution in [3.05, 3.63) is 54.1 Å². The summed E-state index contributed by atoms with van der Waals surface area (Å²) >= 11 is 0. The van der Waals surface area contributed by atoms with Crippen molar-refractivity contribution in [3.8, 4) is 5.75 Å². The SMILES string of the molecule is COc1ccc(S(=O)(=O)N(C)C)cc1NC(=O)COC(=O)C[C@@H](NC(C)=O)c1ccccc1. The minimum atomic E-state index is -3.73. The summed E-state index contributed by atoms with van der Waals surface area (Å²) in [6.45, 7) is 0.737. The van der Waals surface area contributed by atoms with E-state index in [1.807, 2.05) is 6.07 Å². The topological polar surface area (TPSA) is 131 Å². The molecule has 0 heterocycles. The maximum absolute atomic E-state index is 12.4. The highest BCUT2D eigenvalue weighted by Gasteiger charge is 2.21. The highest BCUT2D eigenvalue weighted by Crippen LogP contribution is 2.28. The van der Waals surface area contributed by atoms with Crippen LogP contribution in [-0.4, -0.2) is 58.3 Å². The van der Waals surface area contributed by atoms with Crippen molar-refractivity contribution in [2.75, 3.05) is 33.1 Å². The Morgan fingerprint density at radius 3 is 2.30 bits per heavy atom. The fourth-order valence-corrected chi connectivity index (χ4v) is 3.83. The Morgan fingerprint density at radius 2 is 1.73 bits per heavy atom. The molecule has 0 unspecified atom stereocenters. The Bertz CT molecular complexity index is 1100. The molecule has 2 N–H and O–H groups in total. The number of rotatable bonds is 10. The number of benzene rings is 2. The molecule has 33 heavy (non-hydrogen) atoms. The smallest absolute Gasteiger partial charge is 0.308 e. The summed E-state index contributed by atoms with van der Waals surface area (Å²) in [5, 5.41) is 5.17. The summed E-state index contributed by atoms with van der Waals surface area (Å²) in [5.74, 6) is -1.45. The van der Waals surface area contributed by atoms with Gasteiger partial charge in [-0.05, 0) is 23.8 Å². The van der Waals surface area contributed by atoms with Gasteiger partial charge in [0.25, 0.3) is 5.91 Å². The Labute approximate surface area is 192 Å². The first-order valence-electron chi connectivity index (χ1n) is 9.92. The summed E-state index contributed by atoms with van der Waals surface area (Å²) in [7, 11) is 0.422. The molecule has 0 aliphatic carbocycles. The summed E-state index contributed by atoms with van der Waals surface area (Å²) in [4.78, 5) is 36.1. The van der Waals surface area contributed by atoms with Gasteiger partial charge in [-0.3, -0.25) is 14.4 Å². The lowest BCUT2D eigenvalue weighted by atomic mass is 10.0. The van der Waals surface area contributed by atoms with E-state index in [1.165, 1.54) is 46.3 Å². The van der Waals surface area contributed by atoms with Crippen molar-refractivity contribution in [2.45, 2.75) is 24.3 Å². The highest BCUT2D eigenvalue weighted by molar-refractivity contribution is 7.89. The highest BCUT2D eigenvalue weighted by atomic mass is 32.2. The van der Waals surface area contributed by atoms with Gasteiger partial charge in [0.05, 0.1) is 30.2 Å². The van der Waals surface area contributed by atoms with Crippen LogP contribution in [0, 0.1) is 0 Å². The number of esters is 1. The van der Waals surface area contributed by atoms with E-state index < -0.39 is 34.5 Å². The average Bonchev–Trinajstić information content (AvgIpc) is 2.77. The molecule has 0 saturated carbocycles. The number of nitrogens with zero attached hydrogens (tertiary/aromatic N) is 1. The van der Waals surface area contributed by atoms with Gasteiger partial charge in [0.15, 0.2) is 6.61 Å². The van der Waals surface area contributed by atoms with Gasteiger partial charge in [-0.15, -0.1) is 0 Å². The molecule has 178 valence electrons. The lowest BCUT2D eigenvalue weighted by Crippen LogP contribution is -2.29. The molecule has 0 aromatic heterocycles. The number of methoxy groups -OCH3 is 1. The van der Waals surface area contributed by atoms with E-state index in [-0.39, 0.29) is 28.7 Å². The Hall–Kier alpha value is -3.44. The average molecular weight is 478 g/mol. The number of hydrogen-bond acceptors (Lipinski definition) is 7. The van der Waals surface area contributed by atoms with Gasteiger partial charge < -0.3 is 20.1 Å². The van der Waals surface area contributed by atoms with E-state index in [1.54, 1.807) is 24.3 Å². The van der Waals surface area contributed by atoms with Crippen LogP contribution in [0.15, 0.2) is 53.4 Å². The number of sulfonamides is 1. The van der Waals surface area contributed by atoms with E-state index >= 15 is 0 Å². The third-order valence-electron chi connectivity index (χ3n) is 4.54. The lowest BCUT2D eigenvalue weighted by molar-refractivity contribution is -0.148. The fraction of sp³-hybridized carbons (Fsp3) is 0.318. The van der Waals surface area contributed by atoms with Crippen LogP contribution in [-0.2, 0) is 29.1 Å². The first kappa shape index (κ1) is 25.8. The number of carbonyl (C=O) groups is 3. The molecule has 10 nitrogen and oxygen atoms in total. The number of anilines is 1. The molecule has 0 spiro atoms. The molecule has 0 bridgehead atoms. The van der Waals surface area contributed by atoms with Crippen molar-refractivity contribution in [3.63, 3.8) is 0 Å². The molecule has 1 atom stereocenters. The largest absolute Gasteiger partial charge is 0.495 e. The van der Waals surface area contributed by atoms with Gasteiger partial charge in [0.1, 0.15) is 5.75 Å². The standard InChI is InChI=1S/C22H27N3O7S/c1-15(26)23-18(16-8-6-5-7-9-16)13-22(28)32-14-21(27)24-19-12-17(10-11-20(19)31-4)33(29,30)25(2)3/h5-12,18H,13-14H2,1-4H3,(H,23,26)(H,24,27)/t18-/m1/s1. The fourth-order valence-electron chi connectivity index (χ4n) is 2.90. The molecule has 2 amide bonds. The normalized spacial score (nSPS) is 12.0. The Kier molecular flexibility index (Phi) is 8.94. The van der Waals surface area contributed by atoms with Crippen LogP contribution < -0.4 is 15.4 Å². The number of amides is 2. The summed E-state index contributed by atoms with van der Waals surface area (Å²) in [6, 6.07) is 12.3. The minimum Gasteiger partial charge on any atom is -0.495 e. The molecule has 0 saturated heterocycles. The molecular formula is C22H27N3O7S. The van der Waals surface area contributed by atoms with Crippen LogP contribution >= 0.6 is 0 Å². The van der Waals surface area contributed by atoms with E-state index in [9.17, 15) is 22.8 Å². The zero-order chi connectivity index (χ0) is 24.6. The number of carbonyl (C=O) groups excluding carboxylic acids is 3. The molecule has 0 aliphatic heterocycles. The minimum absolute atomic E-state index is 0.0402. The molecule has 2 rings (SSSR count). The third kappa shape index (κ3) is 7.29. The second-order valence-electron chi connectivity index (χ2n) is 7.23. The van der Waals surface area contributed by atoms with Gasteiger partial charge in [-0.1, -0.05) is 30.3 Å². The van der Waals surface area contributed by atoms with E-state index in [0.717, 1.165) is 9.87 Å². The van der Waals surface area contributed by atoms with Crippen molar-refractivity contribution in [1.82, 2.24) is 9.62 Å². The van der Waals surface area contributed by atoms with Crippen molar-refractivity contribution in [1.29, 1.82) is 0 Å². The Morgan fingerprint density at radius 1 is 1.06 bits per heavy atom. The van der Waals surface area contributed by atoms with Crippen LogP contribution in [0.1, 0.15) is 24.9 Å². The molecule has 2 aromatic rings. The maximum Gasteiger partial charge on any atom is 0.308 e. The van der Waals surface area contributed by atoms with E-state index in [4.69, 9.17) is 9.47 Å². The van der Waals surface area contributed by atoms with Crippen LogP contribution in [0.2, 0.25) is 0 Å². The number of hydrogen-bond donors (Lipinski definition) is 2. The molecule has 0 aliphatic rings. The summed E-state index contributed by atoms with van der Waals surface area (Å²) in [6.07, 6.45) is -0.170.